The summed E-state index contributed by atoms with van der Waals surface area (Å²) in [6.45, 7) is 3.76. The molecule has 1 amide bonds. The van der Waals surface area contributed by atoms with Gasteiger partial charge in [0.15, 0.2) is 0 Å². The summed E-state index contributed by atoms with van der Waals surface area (Å²) < 4.78 is 1.08. The molecule has 2 rings (SSSR count). The predicted octanol–water partition coefficient (Wildman–Crippen LogP) is 2.85. The van der Waals surface area contributed by atoms with Gasteiger partial charge in [-0.3, -0.25) is 4.79 Å². The summed E-state index contributed by atoms with van der Waals surface area (Å²) in [5, 5.41) is 3.28. The highest BCUT2D eigenvalue weighted by Crippen LogP contribution is 2.20. The lowest BCUT2D eigenvalue weighted by Gasteiger charge is -2.32. The maximum absolute atomic E-state index is 12.5. The Morgan fingerprint density at radius 3 is 2.58 bits per heavy atom. The van der Waals surface area contributed by atoms with Gasteiger partial charge in [0.25, 0.3) is 5.91 Å². The zero-order valence-electron chi connectivity index (χ0n) is 11.3. The largest absolute Gasteiger partial charge is 0.338 e. The number of rotatable bonds is 2. The molecular weight excluding hydrogens is 375 g/mol. The zero-order valence-corrected chi connectivity index (χ0v) is 14.3. The molecule has 1 heterocycles. The number of halogens is 2. The highest BCUT2D eigenvalue weighted by Gasteiger charge is 2.24. The van der Waals surface area contributed by atoms with Gasteiger partial charge < -0.3 is 10.2 Å². The quantitative estimate of drug-likeness (QED) is 0.782. The first-order chi connectivity index (χ1) is 8.63. The summed E-state index contributed by atoms with van der Waals surface area (Å²) in [5.74, 6) is 0.178. The van der Waals surface area contributed by atoms with Crippen LogP contribution in [0.1, 0.15) is 28.8 Å². The third-order valence-corrected chi connectivity index (χ3v) is 5.04. The summed E-state index contributed by atoms with van der Waals surface area (Å²) in [6.07, 6.45) is 2.09. The van der Waals surface area contributed by atoms with E-state index in [1.54, 1.807) is 0 Å². The number of carbonyl (C=O) groups is 1. The molecule has 1 aliphatic heterocycles. The zero-order chi connectivity index (χ0) is 13.1. The molecule has 1 N–H and O–H groups in total. The van der Waals surface area contributed by atoms with Crippen molar-refractivity contribution >= 4 is 40.9 Å². The van der Waals surface area contributed by atoms with Crippen LogP contribution in [0.25, 0.3) is 0 Å². The summed E-state index contributed by atoms with van der Waals surface area (Å²) in [7, 11) is 1.99. The second kappa shape index (κ2) is 7.45. The lowest BCUT2D eigenvalue weighted by molar-refractivity contribution is 0.0706. The van der Waals surface area contributed by atoms with E-state index in [2.05, 4.69) is 27.9 Å². The minimum Gasteiger partial charge on any atom is -0.338 e. The molecule has 0 bridgehead atoms. The fourth-order valence-electron chi connectivity index (χ4n) is 2.35. The van der Waals surface area contributed by atoms with Crippen molar-refractivity contribution in [3.63, 3.8) is 0 Å². The smallest absolute Gasteiger partial charge is 0.254 e. The van der Waals surface area contributed by atoms with Crippen molar-refractivity contribution in [1.29, 1.82) is 0 Å². The van der Waals surface area contributed by atoms with Crippen LogP contribution in [-0.4, -0.2) is 37.0 Å². The van der Waals surface area contributed by atoms with Crippen molar-refractivity contribution < 1.29 is 4.79 Å². The van der Waals surface area contributed by atoms with Crippen LogP contribution >= 0.6 is 35.0 Å². The molecule has 0 radical (unpaired) electrons. The molecule has 1 saturated heterocycles. The predicted molar refractivity (Wildman–Crippen MR) is 89.1 cm³/mol. The van der Waals surface area contributed by atoms with E-state index < -0.39 is 0 Å². The summed E-state index contributed by atoms with van der Waals surface area (Å²) in [4.78, 5) is 14.4. The standard InChI is InChI=1S/C14H19IN2O.ClH/c1-10-4-3-5-12(13(10)15)14(18)17-8-6-11(16-2)7-9-17;/h3-5,11,16H,6-9H2,1-2H3;1H. The van der Waals surface area contributed by atoms with Gasteiger partial charge in [0.2, 0.25) is 0 Å². The molecule has 1 fully saturated rings. The van der Waals surface area contributed by atoms with Crippen molar-refractivity contribution in [3.8, 4) is 0 Å². The molecule has 0 unspecified atom stereocenters. The van der Waals surface area contributed by atoms with Crippen LogP contribution in [0.2, 0.25) is 0 Å². The average Bonchev–Trinajstić information content (AvgIpc) is 2.41. The van der Waals surface area contributed by atoms with Crippen molar-refractivity contribution in [3.05, 3.63) is 32.9 Å². The average molecular weight is 395 g/mol. The van der Waals surface area contributed by atoms with Gasteiger partial charge in [-0.15, -0.1) is 12.4 Å². The minimum atomic E-state index is 0. The first-order valence-electron chi connectivity index (χ1n) is 6.35. The number of likely N-dealkylation sites (tertiary alicyclic amines) is 1. The Morgan fingerprint density at radius 2 is 2.00 bits per heavy atom. The third kappa shape index (κ3) is 3.83. The first kappa shape index (κ1) is 16.7. The molecule has 5 heteroatoms. The number of aryl methyl sites for hydroxylation is 1. The van der Waals surface area contributed by atoms with Gasteiger partial charge in [-0.1, -0.05) is 12.1 Å². The van der Waals surface area contributed by atoms with Gasteiger partial charge in [0.1, 0.15) is 0 Å². The summed E-state index contributed by atoms with van der Waals surface area (Å²) >= 11 is 2.27. The molecule has 1 aromatic carbocycles. The Kier molecular flexibility index (Phi) is 6.56. The Bertz CT molecular complexity index is 445. The second-order valence-corrected chi connectivity index (χ2v) is 5.87. The monoisotopic (exact) mass is 394 g/mol. The number of nitrogens with one attached hydrogen (secondary N) is 1. The Morgan fingerprint density at radius 1 is 1.37 bits per heavy atom. The van der Waals surface area contributed by atoms with Crippen LogP contribution in [0, 0.1) is 10.5 Å². The molecule has 19 heavy (non-hydrogen) atoms. The Hall–Kier alpha value is -0.330. The van der Waals surface area contributed by atoms with Crippen LogP contribution in [-0.2, 0) is 0 Å². The van der Waals surface area contributed by atoms with E-state index in [-0.39, 0.29) is 18.3 Å². The number of carbonyl (C=O) groups excluding carboxylic acids is 1. The third-order valence-electron chi connectivity index (χ3n) is 3.61. The molecule has 0 aromatic heterocycles. The van der Waals surface area contributed by atoms with Crippen LogP contribution in [0.15, 0.2) is 18.2 Å². The van der Waals surface area contributed by atoms with Gasteiger partial charge >= 0.3 is 0 Å². The molecule has 106 valence electrons. The van der Waals surface area contributed by atoms with E-state index in [0.29, 0.717) is 6.04 Å². The molecule has 0 aliphatic carbocycles. The van der Waals surface area contributed by atoms with Gasteiger partial charge in [-0.2, -0.15) is 0 Å². The van der Waals surface area contributed by atoms with Gasteiger partial charge in [0, 0.05) is 22.7 Å². The highest BCUT2D eigenvalue weighted by molar-refractivity contribution is 14.1. The van der Waals surface area contributed by atoms with E-state index >= 15 is 0 Å². The number of benzene rings is 1. The molecular formula is C14H20ClIN2O. The van der Waals surface area contributed by atoms with Crippen molar-refractivity contribution in [1.82, 2.24) is 10.2 Å². The maximum Gasteiger partial charge on any atom is 0.254 e. The normalized spacial score (nSPS) is 16.1. The minimum absolute atomic E-state index is 0. The molecule has 3 nitrogen and oxygen atoms in total. The SMILES string of the molecule is CNC1CCN(C(=O)c2cccc(C)c2I)CC1.Cl. The maximum atomic E-state index is 12.5. The molecule has 0 atom stereocenters. The number of nitrogens with zero attached hydrogens (tertiary/aromatic N) is 1. The van der Waals surface area contributed by atoms with Crippen molar-refractivity contribution in [2.24, 2.45) is 0 Å². The van der Waals surface area contributed by atoms with Gasteiger partial charge in [-0.05, 0) is 61.0 Å². The fraction of sp³-hybridized carbons (Fsp3) is 0.500. The van der Waals surface area contributed by atoms with E-state index in [9.17, 15) is 4.79 Å². The molecule has 0 spiro atoms. The highest BCUT2D eigenvalue weighted by atomic mass is 127. The second-order valence-electron chi connectivity index (χ2n) is 4.79. The van der Waals surface area contributed by atoms with Crippen LogP contribution < -0.4 is 5.32 Å². The van der Waals surface area contributed by atoms with Gasteiger partial charge in [-0.25, -0.2) is 0 Å². The van der Waals surface area contributed by atoms with Gasteiger partial charge in [0.05, 0.1) is 5.56 Å². The number of amides is 1. The van der Waals surface area contributed by atoms with Crippen LogP contribution in [0.5, 0.6) is 0 Å². The van der Waals surface area contributed by atoms with Crippen LogP contribution in [0.3, 0.4) is 0 Å². The lowest BCUT2D eigenvalue weighted by atomic mass is 10.0. The first-order valence-corrected chi connectivity index (χ1v) is 7.43. The molecule has 1 aromatic rings. The fourth-order valence-corrected chi connectivity index (χ4v) is 2.94. The van der Waals surface area contributed by atoms with E-state index in [1.165, 1.54) is 5.56 Å². The Labute approximate surface area is 134 Å². The summed E-state index contributed by atoms with van der Waals surface area (Å²) in [6, 6.07) is 6.50. The lowest BCUT2D eigenvalue weighted by Crippen LogP contribution is -2.44. The number of piperidine rings is 1. The van der Waals surface area contributed by atoms with Crippen molar-refractivity contribution in [2.45, 2.75) is 25.8 Å². The van der Waals surface area contributed by atoms with Crippen molar-refractivity contribution in [2.75, 3.05) is 20.1 Å². The molecule has 1 aliphatic rings. The van der Waals surface area contributed by atoms with E-state index in [1.807, 2.05) is 37.1 Å². The number of hydrogen-bond acceptors (Lipinski definition) is 2. The van der Waals surface area contributed by atoms with Crippen LogP contribution in [0.4, 0.5) is 0 Å². The topological polar surface area (TPSA) is 32.3 Å². The molecule has 0 saturated carbocycles. The summed E-state index contributed by atoms with van der Waals surface area (Å²) in [5.41, 5.74) is 2.02. The van der Waals surface area contributed by atoms with E-state index in [4.69, 9.17) is 0 Å². The Balaban J connectivity index is 0.00000180. The van der Waals surface area contributed by atoms with E-state index in [0.717, 1.165) is 35.1 Å². The number of hydrogen-bond donors (Lipinski definition) is 1.